The molecule has 1 fully saturated rings. The summed E-state index contributed by atoms with van der Waals surface area (Å²) >= 11 is 0. The zero-order valence-electron chi connectivity index (χ0n) is 14.2. The summed E-state index contributed by atoms with van der Waals surface area (Å²) in [6, 6.07) is 0.414. The van der Waals surface area contributed by atoms with Crippen LogP contribution >= 0.6 is 0 Å². The van der Waals surface area contributed by atoms with E-state index < -0.39 is 0 Å². The van der Waals surface area contributed by atoms with Gasteiger partial charge in [0, 0.05) is 18.6 Å². The Morgan fingerprint density at radius 1 is 0.905 bits per heavy atom. The maximum absolute atomic E-state index is 9.76. The van der Waals surface area contributed by atoms with Crippen molar-refractivity contribution in [2.24, 2.45) is 5.73 Å². The largest absolute Gasteiger partial charge is 0.391 e. The van der Waals surface area contributed by atoms with Crippen molar-refractivity contribution in [2.45, 2.75) is 109 Å². The summed E-state index contributed by atoms with van der Waals surface area (Å²) < 4.78 is 0. The van der Waals surface area contributed by atoms with E-state index in [0.29, 0.717) is 6.04 Å². The van der Waals surface area contributed by atoms with Gasteiger partial charge in [-0.05, 0) is 12.8 Å². The van der Waals surface area contributed by atoms with Crippen LogP contribution in [0.4, 0.5) is 0 Å². The highest BCUT2D eigenvalue weighted by atomic mass is 16.3. The number of aliphatic hydroxyl groups excluding tert-OH is 1. The molecule has 1 saturated heterocycles. The van der Waals surface area contributed by atoms with Crippen molar-refractivity contribution in [3.8, 4) is 0 Å². The van der Waals surface area contributed by atoms with Gasteiger partial charge in [-0.25, -0.2) is 0 Å². The van der Waals surface area contributed by atoms with Crippen LogP contribution in [0.25, 0.3) is 0 Å². The second kappa shape index (κ2) is 12.4. The molecule has 0 unspecified atom stereocenters. The standard InChI is InChI=1S/C18H38N2O/c1-2-3-4-5-6-7-8-9-10-11-12-13-16-14-18(21)17(19)15-20-16/h16-18,20-21H,2-15,19H2,1H3/t16-,17+,18-/m1/s1. The summed E-state index contributed by atoms with van der Waals surface area (Å²) in [7, 11) is 0. The molecule has 3 atom stereocenters. The SMILES string of the molecule is CCCCCCCCCCCCC[C@@H]1C[C@@H](O)[C@@H](N)CN1. The summed E-state index contributed by atoms with van der Waals surface area (Å²) in [5.74, 6) is 0. The van der Waals surface area contributed by atoms with Crippen LogP contribution in [-0.4, -0.2) is 29.8 Å². The minimum absolute atomic E-state index is 0.0708. The average molecular weight is 299 g/mol. The highest BCUT2D eigenvalue weighted by Crippen LogP contribution is 2.16. The van der Waals surface area contributed by atoms with Gasteiger partial charge in [-0.15, -0.1) is 0 Å². The van der Waals surface area contributed by atoms with E-state index in [9.17, 15) is 5.11 Å². The maximum Gasteiger partial charge on any atom is 0.0718 e. The molecule has 4 N–H and O–H groups in total. The number of hydrogen-bond donors (Lipinski definition) is 3. The average Bonchev–Trinajstić information content (AvgIpc) is 2.48. The van der Waals surface area contributed by atoms with E-state index in [1.54, 1.807) is 0 Å². The third-order valence-electron chi connectivity index (χ3n) is 4.82. The van der Waals surface area contributed by atoms with E-state index in [1.807, 2.05) is 0 Å². The first-order valence-electron chi connectivity index (χ1n) is 9.41. The van der Waals surface area contributed by atoms with Crippen LogP contribution in [0.3, 0.4) is 0 Å². The molecule has 0 aromatic rings. The van der Waals surface area contributed by atoms with Crippen LogP contribution < -0.4 is 11.1 Å². The third kappa shape index (κ3) is 9.49. The van der Waals surface area contributed by atoms with E-state index in [-0.39, 0.29) is 12.1 Å². The van der Waals surface area contributed by atoms with Crippen molar-refractivity contribution < 1.29 is 5.11 Å². The van der Waals surface area contributed by atoms with Crippen LogP contribution in [0, 0.1) is 0 Å². The van der Waals surface area contributed by atoms with Crippen LogP contribution in [-0.2, 0) is 0 Å². The molecule has 0 aliphatic carbocycles. The molecule has 0 radical (unpaired) electrons. The molecule has 1 rings (SSSR count). The molecule has 0 amide bonds. The summed E-state index contributed by atoms with van der Waals surface area (Å²) in [6.07, 6.45) is 17.0. The molecule has 0 aromatic carbocycles. The molecule has 1 aliphatic heterocycles. The zero-order valence-corrected chi connectivity index (χ0v) is 14.2. The predicted molar refractivity (Wildman–Crippen MR) is 91.5 cm³/mol. The van der Waals surface area contributed by atoms with Gasteiger partial charge in [-0.1, -0.05) is 77.6 Å². The van der Waals surface area contributed by atoms with Gasteiger partial charge in [0.1, 0.15) is 0 Å². The van der Waals surface area contributed by atoms with Crippen LogP contribution in [0.15, 0.2) is 0 Å². The number of nitrogens with one attached hydrogen (secondary N) is 1. The van der Waals surface area contributed by atoms with E-state index >= 15 is 0 Å². The lowest BCUT2D eigenvalue weighted by Crippen LogP contribution is -2.53. The first kappa shape index (κ1) is 18.9. The topological polar surface area (TPSA) is 58.3 Å². The molecule has 0 aromatic heterocycles. The Labute approximate surface area is 132 Å². The van der Waals surface area contributed by atoms with E-state index in [4.69, 9.17) is 5.73 Å². The second-order valence-corrected chi connectivity index (χ2v) is 6.90. The van der Waals surface area contributed by atoms with Gasteiger partial charge < -0.3 is 16.2 Å². The minimum Gasteiger partial charge on any atom is -0.391 e. The fraction of sp³-hybridized carbons (Fsp3) is 1.00. The lowest BCUT2D eigenvalue weighted by molar-refractivity contribution is 0.0936. The quantitative estimate of drug-likeness (QED) is 0.481. The highest BCUT2D eigenvalue weighted by molar-refractivity contribution is 4.86. The molecule has 3 nitrogen and oxygen atoms in total. The van der Waals surface area contributed by atoms with E-state index in [1.165, 1.54) is 77.0 Å². The Morgan fingerprint density at radius 3 is 1.95 bits per heavy atom. The summed E-state index contributed by atoms with van der Waals surface area (Å²) in [6.45, 7) is 3.04. The lowest BCUT2D eigenvalue weighted by Gasteiger charge is -2.32. The van der Waals surface area contributed by atoms with Gasteiger partial charge >= 0.3 is 0 Å². The zero-order chi connectivity index (χ0) is 15.3. The number of rotatable bonds is 12. The van der Waals surface area contributed by atoms with Gasteiger partial charge in [-0.3, -0.25) is 0 Å². The van der Waals surface area contributed by atoms with E-state index in [2.05, 4.69) is 12.2 Å². The third-order valence-corrected chi connectivity index (χ3v) is 4.82. The molecule has 0 spiro atoms. The monoisotopic (exact) mass is 298 g/mol. The molecular formula is C18H38N2O. The second-order valence-electron chi connectivity index (χ2n) is 6.90. The van der Waals surface area contributed by atoms with Crippen molar-refractivity contribution in [2.75, 3.05) is 6.54 Å². The fourth-order valence-electron chi connectivity index (χ4n) is 3.26. The molecule has 0 bridgehead atoms. The van der Waals surface area contributed by atoms with Crippen LogP contribution in [0.1, 0.15) is 90.4 Å². The normalized spacial score (nSPS) is 26.1. The van der Waals surface area contributed by atoms with E-state index in [0.717, 1.165) is 13.0 Å². The van der Waals surface area contributed by atoms with Gasteiger partial charge in [0.25, 0.3) is 0 Å². The Morgan fingerprint density at radius 2 is 1.43 bits per heavy atom. The molecule has 3 heteroatoms. The Kier molecular flexibility index (Phi) is 11.2. The fourth-order valence-corrected chi connectivity index (χ4v) is 3.26. The molecule has 1 heterocycles. The molecule has 0 saturated carbocycles. The maximum atomic E-state index is 9.76. The Balaban J connectivity index is 1.80. The molecular weight excluding hydrogens is 260 g/mol. The summed E-state index contributed by atoms with van der Waals surface area (Å²) in [5, 5.41) is 13.2. The molecule has 1 aliphatic rings. The first-order valence-corrected chi connectivity index (χ1v) is 9.41. The van der Waals surface area contributed by atoms with Crippen molar-refractivity contribution >= 4 is 0 Å². The van der Waals surface area contributed by atoms with Crippen molar-refractivity contribution in [3.05, 3.63) is 0 Å². The van der Waals surface area contributed by atoms with Crippen molar-refractivity contribution in [1.82, 2.24) is 5.32 Å². The number of nitrogens with two attached hydrogens (primary N) is 1. The highest BCUT2D eigenvalue weighted by Gasteiger charge is 2.25. The Hall–Kier alpha value is -0.120. The Bertz CT molecular complexity index is 235. The minimum atomic E-state index is -0.302. The van der Waals surface area contributed by atoms with Gasteiger partial charge in [-0.2, -0.15) is 0 Å². The molecule has 126 valence electrons. The number of hydrogen-bond acceptors (Lipinski definition) is 3. The van der Waals surface area contributed by atoms with Gasteiger partial charge in [0.2, 0.25) is 0 Å². The number of unbranched alkanes of at least 4 members (excludes halogenated alkanes) is 10. The predicted octanol–water partition coefficient (Wildman–Crippen LogP) is 3.74. The van der Waals surface area contributed by atoms with Crippen molar-refractivity contribution in [3.63, 3.8) is 0 Å². The van der Waals surface area contributed by atoms with Gasteiger partial charge in [0.05, 0.1) is 6.10 Å². The summed E-state index contributed by atoms with van der Waals surface area (Å²) in [4.78, 5) is 0. The van der Waals surface area contributed by atoms with Crippen molar-refractivity contribution in [1.29, 1.82) is 0 Å². The van der Waals surface area contributed by atoms with Crippen LogP contribution in [0.2, 0.25) is 0 Å². The van der Waals surface area contributed by atoms with Crippen LogP contribution in [0.5, 0.6) is 0 Å². The lowest BCUT2D eigenvalue weighted by atomic mass is 9.94. The first-order chi connectivity index (χ1) is 10.2. The number of aliphatic hydroxyl groups is 1. The van der Waals surface area contributed by atoms with Gasteiger partial charge in [0.15, 0.2) is 0 Å². The summed E-state index contributed by atoms with van der Waals surface area (Å²) in [5.41, 5.74) is 5.79. The number of piperidine rings is 1. The molecule has 21 heavy (non-hydrogen) atoms. The smallest absolute Gasteiger partial charge is 0.0718 e.